The Labute approximate surface area is 216 Å². The van der Waals surface area contributed by atoms with Crippen LogP contribution in [0.1, 0.15) is 0 Å². The van der Waals surface area contributed by atoms with Crippen LogP contribution in [-0.2, 0) is 0 Å². The van der Waals surface area contributed by atoms with Gasteiger partial charge in [0.05, 0.1) is 5.69 Å². The smallest absolute Gasteiger partial charge is 0.0625 e. The van der Waals surface area contributed by atoms with Crippen LogP contribution in [-0.4, -0.2) is 0 Å². The van der Waals surface area contributed by atoms with Crippen molar-refractivity contribution >= 4 is 49.4 Å². The van der Waals surface area contributed by atoms with E-state index in [-0.39, 0.29) is 0 Å². The normalized spacial score (nSPS) is 11.2. The fraction of sp³-hybridized carbons (Fsp3) is 0. The van der Waals surface area contributed by atoms with Crippen LogP contribution >= 0.6 is 0 Å². The van der Waals surface area contributed by atoms with Gasteiger partial charge in [0.25, 0.3) is 0 Å². The van der Waals surface area contributed by atoms with Crippen LogP contribution in [0.3, 0.4) is 0 Å². The van der Waals surface area contributed by atoms with Gasteiger partial charge in [0.15, 0.2) is 0 Å². The molecule has 0 atom stereocenters. The molecule has 7 aromatic rings. The molecule has 7 rings (SSSR count). The van der Waals surface area contributed by atoms with Crippen molar-refractivity contribution in [2.45, 2.75) is 0 Å². The largest absolute Gasteiger partial charge is 0.309 e. The summed E-state index contributed by atoms with van der Waals surface area (Å²) < 4.78 is 0. The number of fused-ring (bicyclic) bond motifs is 4. The predicted octanol–water partition coefficient (Wildman–Crippen LogP) is 10.3. The Morgan fingerprint density at radius 2 is 0.784 bits per heavy atom. The van der Waals surface area contributed by atoms with Gasteiger partial charge >= 0.3 is 0 Å². The number of anilines is 3. The molecule has 0 heterocycles. The molecular weight excluding hydrogens is 446 g/mol. The van der Waals surface area contributed by atoms with Crippen molar-refractivity contribution in [1.29, 1.82) is 0 Å². The lowest BCUT2D eigenvalue weighted by Crippen LogP contribution is -2.12. The average Bonchev–Trinajstić information content (AvgIpc) is 2.98. The first-order valence-electron chi connectivity index (χ1n) is 12.7. The minimum atomic E-state index is 1.13. The lowest BCUT2D eigenvalue weighted by molar-refractivity contribution is 1.30. The van der Waals surface area contributed by atoms with Crippen LogP contribution in [0.2, 0.25) is 0 Å². The average molecular weight is 472 g/mol. The molecule has 0 aromatic heterocycles. The standard InChI is InChI=1S/C36H25N/c1-3-16-27(17-4-1)37(28-18-5-2-6-19-28)36-34-24-12-10-22-31(34)30-21-9-11-23-33(30)35(36)32-25-13-15-26-14-7-8-20-29(26)32/h1-25H. The highest BCUT2D eigenvalue weighted by molar-refractivity contribution is 6.24. The summed E-state index contributed by atoms with van der Waals surface area (Å²) in [5, 5.41) is 7.52. The molecule has 0 amide bonds. The molecule has 0 radical (unpaired) electrons. The van der Waals surface area contributed by atoms with Crippen LogP contribution in [0.4, 0.5) is 17.1 Å². The zero-order valence-corrected chi connectivity index (χ0v) is 20.4. The van der Waals surface area contributed by atoms with Crippen molar-refractivity contribution in [2.75, 3.05) is 4.90 Å². The van der Waals surface area contributed by atoms with Crippen molar-refractivity contribution in [3.63, 3.8) is 0 Å². The molecule has 174 valence electrons. The van der Waals surface area contributed by atoms with Crippen molar-refractivity contribution in [3.8, 4) is 11.1 Å². The van der Waals surface area contributed by atoms with Gasteiger partial charge in [-0.15, -0.1) is 0 Å². The third-order valence-corrected chi connectivity index (χ3v) is 7.22. The fourth-order valence-corrected chi connectivity index (χ4v) is 5.63. The summed E-state index contributed by atoms with van der Waals surface area (Å²) in [7, 11) is 0. The van der Waals surface area contributed by atoms with Gasteiger partial charge in [-0.05, 0) is 56.8 Å². The molecule has 0 saturated carbocycles. The third-order valence-electron chi connectivity index (χ3n) is 7.22. The maximum Gasteiger partial charge on any atom is 0.0625 e. The van der Waals surface area contributed by atoms with Crippen molar-refractivity contribution in [1.82, 2.24) is 0 Å². The first kappa shape index (κ1) is 21.4. The van der Waals surface area contributed by atoms with Crippen LogP contribution in [0.15, 0.2) is 152 Å². The van der Waals surface area contributed by atoms with Gasteiger partial charge in [-0.1, -0.05) is 127 Å². The summed E-state index contributed by atoms with van der Waals surface area (Å²) in [5.74, 6) is 0. The summed E-state index contributed by atoms with van der Waals surface area (Å²) in [6.45, 7) is 0. The van der Waals surface area contributed by atoms with E-state index in [2.05, 4.69) is 157 Å². The lowest BCUT2D eigenvalue weighted by Gasteiger charge is -2.30. The Kier molecular flexibility index (Phi) is 5.19. The molecule has 0 bridgehead atoms. The topological polar surface area (TPSA) is 3.24 Å². The van der Waals surface area contributed by atoms with E-state index in [1.54, 1.807) is 0 Å². The molecule has 0 unspecified atom stereocenters. The van der Waals surface area contributed by atoms with E-state index in [0.717, 1.165) is 11.4 Å². The third kappa shape index (κ3) is 3.56. The second-order valence-corrected chi connectivity index (χ2v) is 9.35. The number of rotatable bonds is 4. The molecule has 0 saturated heterocycles. The van der Waals surface area contributed by atoms with E-state index in [1.165, 1.54) is 49.1 Å². The summed E-state index contributed by atoms with van der Waals surface area (Å²) in [4.78, 5) is 2.42. The SMILES string of the molecule is c1ccc(N(c2ccccc2)c2c(-c3cccc4ccccc34)c3ccccc3c3ccccc23)cc1. The summed E-state index contributed by atoms with van der Waals surface area (Å²) >= 11 is 0. The van der Waals surface area contributed by atoms with E-state index in [9.17, 15) is 0 Å². The van der Waals surface area contributed by atoms with Gasteiger partial charge in [-0.2, -0.15) is 0 Å². The summed E-state index contributed by atoms with van der Waals surface area (Å²) in [6, 6.07) is 54.4. The Morgan fingerprint density at radius 1 is 0.324 bits per heavy atom. The first-order valence-corrected chi connectivity index (χ1v) is 12.7. The van der Waals surface area contributed by atoms with Gasteiger partial charge in [0.2, 0.25) is 0 Å². The van der Waals surface area contributed by atoms with Gasteiger partial charge in [0, 0.05) is 22.3 Å². The number of nitrogens with zero attached hydrogens (tertiary/aromatic N) is 1. The van der Waals surface area contributed by atoms with Gasteiger partial charge in [-0.3, -0.25) is 0 Å². The van der Waals surface area contributed by atoms with Gasteiger partial charge in [0.1, 0.15) is 0 Å². The summed E-state index contributed by atoms with van der Waals surface area (Å²) in [5.41, 5.74) is 5.96. The second-order valence-electron chi connectivity index (χ2n) is 9.35. The molecule has 0 aliphatic heterocycles. The monoisotopic (exact) mass is 471 g/mol. The van der Waals surface area contributed by atoms with Gasteiger partial charge < -0.3 is 4.90 Å². The second kappa shape index (κ2) is 8.96. The number of hydrogen-bond donors (Lipinski definition) is 0. The predicted molar refractivity (Wildman–Crippen MR) is 159 cm³/mol. The lowest BCUT2D eigenvalue weighted by atomic mass is 9.88. The number of hydrogen-bond acceptors (Lipinski definition) is 1. The van der Waals surface area contributed by atoms with E-state index in [0.29, 0.717) is 0 Å². The van der Waals surface area contributed by atoms with E-state index < -0.39 is 0 Å². The minimum absolute atomic E-state index is 1.13. The molecule has 0 N–H and O–H groups in total. The maximum atomic E-state index is 2.42. The van der Waals surface area contributed by atoms with Crippen LogP contribution < -0.4 is 4.90 Å². The Bertz CT molecular complexity index is 1830. The van der Waals surface area contributed by atoms with E-state index >= 15 is 0 Å². The van der Waals surface area contributed by atoms with Crippen molar-refractivity contribution < 1.29 is 0 Å². The van der Waals surface area contributed by atoms with Crippen LogP contribution in [0.25, 0.3) is 43.4 Å². The van der Waals surface area contributed by atoms with Crippen molar-refractivity contribution in [2.24, 2.45) is 0 Å². The van der Waals surface area contributed by atoms with Crippen LogP contribution in [0, 0.1) is 0 Å². The Balaban J connectivity index is 1.72. The van der Waals surface area contributed by atoms with Gasteiger partial charge in [-0.25, -0.2) is 0 Å². The Hall–Kier alpha value is -4.88. The Morgan fingerprint density at radius 3 is 1.43 bits per heavy atom. The molecule has 0 aliphatic carbocycles. The zero-order chi connectivity index (χ0) is 24.6. The molecule has 0 fully saturated rings. The highest BCUT2D eigenvalue weighted by atomic mass is 15.1. The summed E-state index contributed by atoms with van der Waals surface area (Å²) in [6.07, 6.45) is 0. The zero-order valence-electron chi connectivity index (χ0n) is 20.4. The van der Waals surface area contributed by atoms with E-state index in [4.69, 9.17) is 0 Å². The maximum absolute atomic E-state index is 2.42. The highest BCUT2D eigenvalue weighted by Crippen LogP contribution is 2.50. The quantitative estimate of drug-likeness (QED) is 0.231. The molecule has 7 aromatic carbocycles. The number of benzene rings is 7. The molecular formula is C36H25N. The van der Waals surface area contributed by atoms with E-state index in [1.807, 2.05) is 0 Å². The molecule has 1 nitrogen and oxygen atoms in total. The van der Waals surface area contributed by atoms with Crippen molar-refractivity contribution in [3.05, 3.63) is 152 Å². The molecule has 1 heteroatoms. The fourth-order valence-electron chi connectivity index (χ4n) is 5.63. The molecule has 0 aliphatic rings. The number of para-hydroxylation sites is 2. The first-order chi connectivity index (χ1) is 18.4. The minimum Gasteiger partial charge on any atom is -0.309 e. The molecule has 0 spiro atoms. The molecule has 37 heavy (non-hydrogen) atoms. The van der Waals surface area contributed by atoms with Crippen LogP contribution in [0.5, 0.6) is 0 Å². The highest BCUT2D eigenvalue weighted by Gasteiger charge is 2.23.